The predicted octanol–water partition coefficient (Wildman–Crippen LogP) is 3.71. The van der Waals surface area contributed by atoms with Crippen molar-refractivity contribution in [3.8, 4) is 16.5 Å². The van der Waals surface area contributed by atoms with Gasteiger partial charge in [0.2, 0.25) is 11.2 Å². The summed E-state index contributed by atoms with van der Waals surface area (Å²) < 4.78 is 9.89. The highest BCUT2D eigenvalue weighted by Gasteiger charge is 2.17. The van der Waals surface area contributed by atoms with E-state index in [9.17, 15) is 0 Å². The molecule has 4 rings (SSSR count). The first kappa shape index (κ1) is 14.1. The van der Waals surface area contributed by atoms with Crippen LogP contribution in [0.25, 0.3) is 21.6 Å². The fourth-order valence-corrected chi connectivity index (χ4v) is 3.08. The lowest BCUT2D eigenvalue weighted by atomic mass is 10.2. The molecule has 3 aromatic heterocycles. The molecule has 0 atom stereocenters. The molecule has 8 heteroatoms. The summed E-state index contributed by atoms with van der Waals surface area (Å²) in [5.41, 5.74) is 2.58. The number of ether oxygens (including phenoxy) is 1. The number of nitrogens with zero attached hydrogens (tertiary/aromatic N) is 4. The van der Waals surface area contributed by atoms with Gasteiger partial charge in [-0.25, -0.2) is 15.0 Å². The third kappa shape index (κ3) is 2.76. The number of halogens is 1. The minimum atomic E-state index is 0.225. The smallest absolute Gasteiger partial charge is 0.234 e. The van der Waals surface area contributed by atoms with Crippen LogP contribution in [0.3, 0.4) is 0 Å². The van der Waals surface area contributed by atoms with Gasteiger partial charge in [0.05, 0.1) is 5.39 Å². The zero-order chi connectivity index (χ0) is 15.6. The monoisotopic (exact) mass is 343 g/mol. The van der Waals surface area contributed by atoms with E-state index in [4.69, 9.17) is 16.3 Å². The summed E-state index contributed by atoms with van der Waals surface area (Å²) in [6.45, 7) is 0.425. The molecule has 0 aliphatic heterocycles. The molecule has 23 heavy (non-hydrogen) atoms. The number of H-pyrrole nitrogens is 1. The lowest BCUT2D eigenvalue weighted by Crippen LogP contribution is -1.98. The minimum Gasteiger partial charge on any atom is -0.472 e. The van der Waals surface area contributed by atoms with Gasteiger partial charge in [0.25, 0.3) is 0 Å². The van der Waals surface area contributed by atoms with Crippen LogP contribution >= 0.6 is 23.1 Å². The van der Waals surface area contributed by atoms with E-state index in [1.165, 1.54) is 17.9 Å². The lowest BCUT2D eigenvalue weighted by Gasteiger charge is -2.06. The molecule has 0 amide bonds. The minimum absolute atomic E-state index is 0.225. The Hall–Kier alpha value is -2.51. The van der Waals surface area contributed by atoms with Crippen LogP contribution in [0.1, 0.15) is 5.56 Å². The molecule has 6 nitrogen and oxygen atoms in total. The van der Waals surface area contributed by atoms with Gasteiger partial charge < -0.3 is 9.72 Å². The summed E-state index contributed by atoms with van der Waals surface area (Å²) >= 11 is 7.05. The molecule has 1 aromatic carbocycles. The third-order valence-electron chi connectivity index (χ3n) is 3.29. The Morgan fingerprint density at radius 1 is 1.17 bits per heavy atom. The zero-order valence-electron chi connectivity index (χ0n) is 11.7. The molecule has 0 fully saturated rings. The van der Waals surface area contributed by atoms with Crippen molar-refractivity contribution < 1.29 is 4.74 Å². The van der Waals surface area contributed by atoms with E-state index in [-0.39, 0.29) is 5.28 Å². The van der Waals surface area contributed by atoms with Gasteiger partial charge >= 0.3 is 0 Å². The second-order valence-corrected chi connectivity index (χ2v) is 5.84. The molecule has 0 aliphatic carbocycles. The van der Waals surface area contributed by atoms with E-state index in [0.29, 0.717) is 23.1 Å². The first-order chi connectivity index (χ1) is 11.3. The van der Waals surface area contributed by atoms with Crippen molar-refractivity contribution >= 4 is 34.2 Å². The van der Waals surface area contributed by atoms with Crippen LogP contribution < -0.4 is 4.74 Å². The maximum atomic E-state index is 5.88. The molecular formula is C15H10ClN5OS. The Balaban J connectivity index is 1.73. The summed E-state index contributed by atoms with van der Waals surface area (Å²) in [4.78, 5) is 15.8. The average molecular weight is 344 g/mol. The highest BCUT2D eigenvalue weighted by Crippen LogP contribution is 2.34. The van der Waals surface area contributed by atoms with Gasteiger partial charge in [0, 0.05) is 11.8 Å². The Morgan fingerprint density at radius 2 is 2.04 bits per heavy atom. The summed E-state index contributed by atoms with van der Waals surface area (Å²) in [6.07, 6.45) is 3.28. The zero-order valence-corrected chi connectivity index (χ0v) is 13.3. The van der Waals surface area contributed by atoms with Crippen LogP contribution in [-0.2, 0) is 6.61 Å². The highest BCUT2D eigenvalue weighted by atomic mass is 35.5. The van der Waals surface area contributed by atoms with E-state index in [1.807, 2.05) is 36.5 Å². The quantitative estimate of drug-likeness (QED) is 0.611. The van der Waals surface area contributed by atoms with Crippen molar-refractivity contribution in [3.63, 3.8) is 0 Å². The molecule has 0 saturated heterocycles. The van der Waals surface area contributed by atoms with Gasteiger partial charge in [-0.1, -0.05) is 30.3 Å². The van der Waals surface area contributed by atoms with Crippen molar-refractivity contribution in [2.45, 2.75) is 6.61 Å². The summed E-state index contributed by atoms with van der Waals surface area (Å²) in [5, 5.41) is 1.69. The standard InChI is InChI=1S/C15H10ClN5OS/c16-15-20-14(23-21-15)10-6-17-12-11(10)13(19-8-18-12)22-7-9-4-2-1-3-5-9/h1-6,8H,7H2,(H,17,18,19). The number of benzene rings is 1. The number of nitrogens with one attached hydrogen (secondary N) is 1. The SMILES string of the molecule is Clc1nsc(-c2c[nH]c3ncnc(OCc4ccccc4)c23)n1. The predicted molar refractivity (Wildman–Crippen MR) is 88.6 cm³/mol. The molecule has 0 radical (unpaired) electrons. The summed E-state index contributed by atoms with van der Waals surface area (Å²) in [6, 6.07) is 9.91. The van der Waals surface area contributed by atoms with Crippen LogP contribution in [0.15, 0.2) is 42.9 Å². The van der Waals surface area contributed by atoms with E-state index >= 15 is 0 Å². The van der Waals surface area contributed by atoms with Crippen LogP contribution in [-0.4, -0.2) is 24.3 Å². The van der Waals surface area contributed by atoms with Crippen LogP contribution in [0, 0.1) is 0 Å². The second kappa shape index (κ2) is 5.94. The van der Waals surface area contributed by atoms with Gasteiger partial charge in [0.1, 0.15) is 23.6 Å². The van der Waals surface area contributed by atoms with Gasteiger partial charge in [0.15, 0.2) is 0 Å². The average Bonchev–Trinajstić information content (AvgIpc) is 3.20. The van der Waals surface area contributed by atoms with Gasteiger partial charge in [-0.3, -0.25) is 0 Å². The summed E-state index contributed by atoms with van der Waals surface area (Å²) in [5.74, 6) is 0.501. The normalized spacial score (nSPS) is 11.0. The number of fused-ring (bicyclic) bond motifs is 1. The first-order valence-corrected chi connectivity index (χ1v) is 7.95. The Kier molecular flexibility index (Phi) is 3.64. The Labute approximate surface area is 140 Å². The maximum absolute atomic E-state index is 5.88. The van der Waals surface area contributed by atoms with E-state index in [2.05, 4.69) is 24.3 Å². The molecule has 1 N–H and O–H groups in total. The largest absolute Gasteiger partial charge is 0.472 e. The molecule has 0 bridgehead atoms. The van der Waals surface area contributed by atoms with Crippen LogP contribution in [0.5, 0.6) is 5.88 Å². The molecule has 114 valence electrons. The van der Waals surface area contributed by atoms with Gasteiger partial charge in [-0.2, -0.15) is 4.37 Å². The molecule has 0 unspecified atom stereocenters. The lowest BCUT2D eigenvalue weighted by molar-refractivity contribution is 0.297. The maximum Gasteiger partial charge on any atom is 0.234 e. The van der Waals surface area contributed by atoms with E-state index < -0.39 is 0 Å². The second-order valence-electron chi connectivity index (χ2n) is 4.75. The van der Waals surface area contributed by atoms with Gasteiger partial charge in [-0.15, -0.1) is 0 Å². The van der Waals surface area contributed by atoms with E-state index in [0.717, 1.165) is 16.5 Å². The van der Waals surface area contributed by atoms with Crippen molar-refractivity contribution in [3.05, 3.63) is 53.7 Å². The van der Waals surface area contributed by atoms with Gasteiger partial charge in [-0.05, 0) is 28.7 Å². The molecule has 4 aromatic rings. The van der Waals surface area contributed by atoms with Crippen LogP contribution in [0.2, 0.25) is 5.28 Å². The molecule has 0 spiro atoms. The molecular weight excluding hydrogens is 334 g/mol. The first-order valence-electron chi connectivity index (χ1n) is 6.79. The van der Waals surface area contributed by atoms with Crippen molar-refractivity contribution in [1.29, 1.82) is 0 Å². The Bertz CT molecular complexity index is 953. The topological polar surface area (TPSA) is 76.6 Å². The van der Waals surface area contributed by atoms with Crippen molar-refractivity contribution in [2.24, 2.45) is 0 Å². The highest BCUT2D eigenvalue weighted by molar-refractivity contribution is 7.09. The number of hydrogen-bond acceptors (Lipinski definition) is 6. The fraction of sp³-hybridized carbons (Fsp3) is 0.0667. The van der Waals surface area contributed by atoms with Crippen molar-refractivity contribution in [2.75, 3.05) is 0 Å². The molecule has 0 aliphatic rings. The fourth-order valence-electron chi connectivity index (χ4n) is 2.25. The van der Waals surface area contributed by atoms with E-state index in [1.54, 1.807) is 0 Å². The molecule has 3 heterocycles. The van der Waals surface area contributed by atoms with Crippen LogP contribution in [0.4, 0.5) is 0 Å². The molecule has 0 saturated carbocycles. The number of hydrogen-bond donors (Lipinski definition) is 1. The van der Waals surface area contributed by atoms with Crippen molar-refractivity contribution in [1.82, 2.24) is 24.3 Å². The number of aromatic amines is 1. The number of rotatable bonds is 4. The third-order valence-corrected chi connectivity index (χ3v) is 4.30. The Morgan fingerprint density at radius 3 is 2.83 bits per heavy atom. The summed E-state index contributed by atoms with van der Waals surface area (Å²) in [7, 11) is 0. The number of aromatic nitrogens is 5.